The molecule has 2 aliphatic heterocycles. The lowest BCUT2D eigenvalue weighted by Gasteiger charge is -2.71. The van der Waals surface area contributed by atoms with Crippen LogP contribution in [0.1, 0.15) is 30.9 Å². The number of rotatable bonds is 2. The lowest BCUT2D eigenvalue weighted by molar-refractivity contribution is -0.228. The van der Waals surface area contributed by atoms with Crippen molar-refractivity contribution in [3.63, 3.8) is 0 Å². The molecule has 5 heteroatoms. The molecule has 1 saturated heterocycles. The van der Waals surface area contributed by atoms with Gasteiger partial charge in [-0.15, -0.1) is 0 Å². The summed E-state index contributed by atoms with van der Waals surface area (Å²) in [5.41, 5.74) is 1.55. The summed E-state index contributed by atoms with van der Waals surface area (Å²) < 4.78 is 12.8. The summed E-state index contributed by atoms with van der Waals surface area (Å²) in [6.45, 7) is 2.88. The summed E-state index contributed by atoms with van der Waals surface area (Å²) in [5, 5.41) is 21.3. The third-order valence-electron chi connectivity index (χ3n) is 8.71. The standard InChI is InChI=1S/C22H27NO4/c1-12(24)14-11-20-6-7-22(14,26-3)19-21(20)8-9-23(2)16(20)10-13-4-5-15(25)18(27-19)17(13)21/h4-7,12,14,16,19,24-25H,8-11H2,1-3H3/t12-,14-,16-,19-,20-,21+,22-/m1/s1. The first-order chi connectivity index (χ1) is 12.9. The van der Waals surface area contributed by atoms with Crippen LogP contribution in [0.5, 0.6) is 11.5 Å². The highest BCUT2D eigenvalue weighted by Crippen LogP contribution is 2.74. The Morgan fingerprint density at radius 1 is 1.33 bits per heavy atom. The van der Waals surface area contributed by atoms with Gasteiger partial charge in [-0.3, -0.25) is 0 Å². The van der Waals surface area contributed by atoms with Crippen LogP contribution in [-0.2, 0) is 16.6 Å². The Morgan fingerprint density at radius 3 is 2.89 bits per heavy atom. The second-order valence-electron chi connectivity index (χ2n) is 9.35. The quantitative estimate of drug-likeness (QED) is 0.781. The molecule has 0 aromatic heterocycles. The zero-order chi connectivity index (χ0) is 18.8. The van der Waals surface area contributed by atoms with E-state index in [4.69, 9.17) is 9.47 Å². The smallest absolute Gasteiger partial charge is 0.165 e. The van der Waals surface area contributed by atoms with Crippen LogP contribution < -0.4 is 4.74 Å². The number of methoxy groups -OCH3 is 1. The highest BCUT2D eigenvalue weighted by molar-refractivity contribution is 5.65. The van der Waals surface area contributed by atoms with E-state index in [-0.39, 0.29) is 28.6 Å². The van der Waals surface area contributed by atoms with Crippen molar-refractivity contribution >= 4 is 0 Å². The molecule has 0 unspecified atom stereocenters. The molecule has 1 aromatic carbocycles. The lowest BCUT2D eigenvalue weighted by Crippen LogP contribution is -2.79. The molecular formula is C22H27NO4. The van der Waals surface area contributed by atoms with Gasteiger partial charge >= 0.3 is 0 Å². The van der Waals surface area contributed by atoms with Gasteiger partial charge in [-0.1, -0.05) is 18.2 Å². The topological polar surface area (TPSA) is 62.2 Å². The van der Waals surface area contributed by atoms with Crippen LogP contribution in [0.25, 0.3) is 0 Å². The number of nitrogens with zero attached hydrogens (tertiary/aromatic N) is 1. The number of likely N-dealkylation sites (tertiary alicyclic amines) is 1. The van der Waals surface area contributed by atoms with Gasteiger partial charge in [-0.25, -0.2) is 0 Å². The minimum absolute atomic E-state index is 0.0300. The third-order valence-corrected chi connectivity index (χ3v) is 8.71. The van der Waals surface area contributed by atoms with Gasteiger partial charge in [0.25, 0.3) is 0 Å². The highest BCUT2D eigenvalue weighted by Gasteiger charge is 2.79. The maximum absolute atomic E-state index is 10.7. The van der Waals surface area contributed by atoms with Crippen molar-refractivity contribution < 1.29 is 19.7 Å². The number of aliphatic hydroxyl groups is 1. The van der Waals surface area contributed by atoms with Gasteiger partial charge in [0.15, 0.2) is 11.5 Å². The van der Waals surface area contributed by atoms with Crippen LogP contribution in [-0.4, -0.2) is 59.7 Å². The largest absolute Gasteiger partial charge is 0.504 e. The summed E-state index contributed by atoms with van der Waals surface area (Å²) in [5.74, 6) is 0.850. The summed E-state index contributed by atoms with van der Waals surface area (Å²) in [6, 6.07) is 4.22. The van der Waals surface area contributed by atoms with Gasteiger partial charge in [0.05, 0.1) is 11.5 Å². The fraction of sp³-hybridized carbons (Fsp3) is 0.636. The predicted octanol–water partition coefficient (Wildman–Crippen LogP) is 1.99. The number of piperidine rings is 1. The predicted molar refractivity (Wildman–Crippen MR) is 100 cm³/mol. The fourth-order valence-electron chi connectivity index (χ4n) is 7.66. The Kier molecular flexibility index (Phi) is 2.86. The number of phenolic OH excluding ortho intramolecular Hbond substituents is 1. The van der Waals surface area contributed by atoms with Crippen molar-refractivity contribution in [1.82, 2.24) is 4.90 Å². The maximum Gasteiger partial charge on any atom is 0.165 e. The van der Waals surface area contributed by atoms with E-state index in [0.717, 1.165) is 25.8 Å². The van der Waals surface area contributed by atoms with E-state index >= 15 is 0 Å². The Labute approximate surface area is 159 Å². The monoisotopic (exact) mass is 369 g/mol. The maximum atomic E-state index is 10.7. The van der Waals surface area contributed by atoms with E-state index in [1.807, 2.05) is 6.92 Å². The Hall–Kier alpha value is -1.56. The number of phenols is 1. The first kappa shape index (κ1) is 16.4. The number of aromatic hydroxyl groups is 1. The van der Waals surface area contributed by atoms with Crippen molar-refractivity contribution in [2.75, 3.05) is 20.7 Å². The number of likely N-dealkylation sites (N-methyl/N-ethyl adjacent to an activating group) is 1. The van der Waals surface area contributed by atoms with Crippen LogP contribution in [0.4, 0.5) is 0 Å². The van der Waals surface area contributed by atoms with Crippen molar-refractivity contribution in [1.29, 1.82) is 0 Å². The summed E-state index contributed by atoms with van der Waals surface area (Å²) in [7, 11) is 3.96. The molecule has 2 spiro atoms. The summed E-state index contributed by atoms with van der Waals surface area (Å²) in [4.78, 5) is 2.49. The number of hydrogen-bond acceptors (Lipinski definition) is 5. The first-order valence-corrected chi connectivity index (χ1v) is 10.1. The van der Waals surface area contributed by atoms with Gasteiger partial charge < -0.3 is 24.6 Å². The van der Waals surface area contributed by atoms with Crippen molar-refractivity contribution in [3.8, 4) is 11.5 Å². The van der Waals surface area contributed by atoms with Gasteiger partial charge in [0, 0.05) is 30.0 Å². The summed E-state index contributed by atoms with van der Waals surface area (Å²) >= 11 is 0. The molecule has 0 radical (unpaired) electrons. The molecule has 0 amide bonds. The minimum Gasteiger partial charge on any atom is -0.504 e. The number of benzene rings is 1. The number of ether oxygens (including phenoxy) is 2. The molecule has 7 atom stereocenters. The van der Waals surface area contributed by atoms with E-state index in [1.54, 1.807) is 13.2 Å². The van der Waals surface area contributed by atoms with Gasteiger partial charge in [0.2, 0.25) is 0 Å². The van der Waals surface area contributed by atoms with Crippen LogP contribution in [0.3, 0.4) is 0 Å². The van der Waals surface area contributed by atoms with Crippen molar-refractivity contribution in [2.45, 2.75) is 55.5 Å². The van der Waals surface area contributed by atoms with Crippen molar-refractivity contribution in [3.05, 3.63) is 35.4 Å². The molecule has 7 rings (SSSR count). The highest BCUT2D eigenvalue weighted by atomic mass is 16.6. The van der Waals surface area contributed by atoms with Crippen LogP contribution in [0.2, 0.25) is 0 Å². The first-order valence-electron chi connectivity index (χ1n) is 10.1. The molecule has 2 heterocycles. The SMILES string of the molecule is CO[C@]12C=C[C@@]3(C[C@@H]1[C@@H](C)O)[C@H]1Cc4ccc(O)c5c4[C@@]3(CCN1C)[C@H]2O5. The molecule has 1 saturated carbocycles. The zero-order valence-corrected chi connectivity index (χ0v) is 16.1. The molecular weight excluding hydrogens is 342 g/mol. The third kappa shape index (κ3) is 1.47. The van der Waals surface area contributed by atoms with Crippen LogP contribution in [0, 0.1) is 11.3 Å². The fourth-order valence-corrected chi connectivity index (χ4v) is 7.66. The Morgan fingerprint density at radius 2 is 2.15 bits per heavy atom. The van der Waals surface area contributed by atoms with E-state index in [0.29, 0.717) is 11.8 Å². The Bertz CT molecular complexity index is 881. The van der Waals surface area contributed by atoms with Gasteiger partial charge in [-0.05, 0) is 51.4 Å². The molecule has 4 bridgehead atoms. The second kappa shape index (κ2) is 4.70. The molecule has 144 valence electrons. The van der Waals surface area contributed by atoms with Gasteiger partial charge in [0.1, 0.15) is 11.7 Å². The number of fused-ring (bicyclic) bond motifs is 1. The van der Waals surface area contributed by atoms with E-state index in [1.165, 1.54) is 11.1 Å². The van der Waals surface area contributed by atoms with E-state index < -0.39 is 11.7 Å². The number of hydrogen-bond donors (Lipinski definition) is 2. The Balaban J connectivity index is 1.72. The molecule has 27 heavy (non-hydrogen) atoms. The molecule has 4 aliphatic carbocycles. The second-order valence-corrected chi connectivity index (χ2v) is 9.35. The van der Waals surface area contributed by atoms with Crippen LogP contribution in [0.15, 0.2) is 24.3 Å². The lowest BCUT2D eigenvalue weighted by atomic mass is 9.37. The molecule has 2 N–H and O–H groups in total. The normalized spacial score (nSPS) is 46.9. The van der Waals surface area contributed by atoms with E-state index in [9.17, 15) is 10.2 Å². The average Bonchev–Trinajstić information content (AvgIpc) is 3.03. The molecule has 2 fully saturated rings. The van der Waals surface area contributed by atoms with Gasteiger partial charge in [-0.2, -0.15) is 0 Å². The summed E-state index contributed by atoms with van der Waals surface area (Å²) in [6.07, 6.45) is 6.68. The van der Waals surface area contributed by atoms with Crippen LogP contribution >= 0.6 is 0 Å². The molecule has 1 aromatic rings. The minimum atomic E-state index is -0.670. The van der Waals surface area contributed by atoms with E-state index in [2.05, 4.69) is 30.2 Å². The zero-order valence-electron chi connectivity index (χ0n) is 16.1. The molecule has 5 nitrogen and oxygen atoms in total. The average molecular weight is 369 g/mol. The van der Waals surface area contributed by atoms with Crippen molar-refractivity contribution in [2.24, 2.45) is 11.3 Å². The molecule has 6 aliphatic rings. The number of aliphatic hydroxyl groups excluding tert-OH is 1.